The summed E-state index contributed by atoms with van der Waals surface area (Å²) >= 11 is 8.98. The van der Waals surface area contributed by atoms with Crippen LogP contribution in [-0.4, -0.2) is 43.0 Å². The highest BCUT2D eigenvalue weighted by atomic mass is 35.5. The number of rotatable bonds is 6. The largest absolute Gasteiger partial charge is 0.308 e. The van der Waals surface area contributed by atoms with Crippen molar-refractivity contribution >= 4 is 67.9 Å². The zero-order chi connectivity index (χ0) is 17.1. The molecule has 0 unspecified atom stereocenters. The number of aromatic nitrogens is 1. The van der Waals surface area contributed by atoms with Gasteiger partial charge in [0.15, 0.2) is 5.13 Å². The average molecular weight is 416 g/mol. The number of fused-ring (bicyclic) bond motifs is 1. The molecule has 4 nitrogen and oxygen atoms in total. The van der Waals surface area contributed by atoms with Crippen LogP contribution in [0.3, 0.4) is 0 Å². The van der Waals surface area contributed by atoms with Gasteiger partial charge in [0.25, 0.3) is 0 Å². The fourth-order valence-corrected chi connectivity index (χ4v) is 4.38. The van der Waals surface area contributed by atoms with Gasteiger partial charge in [0.1, 0.15) is 0 Å². The van der Waals surface area contributed by atoms with Crippen LogP contribution < -0.4 is 4.90 Å². The Hall–Kier alpha value is -1.18. The lowest BCUT2D eigenvalue weighted by molar-refractivity contribution is -0.118. The molecule has 0 radical (unpaired) electrons. The van der Waals surface area contributed by atoms with Crippen LogP contribution in [0.1, 0.15) is 4.88 Å². The molecule has 0 aliphatic heterocycles. The van der Waals surface area contributed by atoms with Gasteiger partial charge >= 0.3 is 0 Å². The molecular formula is C17H19Cl2N3OS2. The van der Waals surface area contributed by atoms with E-state index in [1.165, 1.54) is 11.3 Å². The highest BCUT2D eigenvalue weighted by Gasteiger charge is 2.20. The van der Waals surface area contributed by atoms with E-state index in [-0.39, 0.29) is 18.3 Å². The fraction of sp³-hybridized carbons (Fsp3) is 0.294. The van der Waals surface area contributed by atoms with Crippen LogP contribution in [0.15, 0.2) is 36.4 Å². The fourth-order valence-electron chi connectivity index (χ4n) is 2.29. The van der Waals surface area contributed by atoms with Crippen molar-refractivity contribution in [1.29, 1.82) is 0 Å². The molecule has 2 heterocycles. The van der Waals surface area contributed by atoms with Crippen molar-refractivity contribution in [1.82, 2.24) is 9.88 Å². The number of hydrogen-bond acceptors (Lipinski definition) is 5. The van der Waals surface area contributed by atoms with Gasteiger partial charge in [-0.15, -0.1) is 23.7 Å². The van der Waals surface area contributed by atoms with Crippen LogP contribution in [0.4, 0.5) is 5.13 Å². The van der Waals surface area contributed by atoms with Gasteiger partial charge in [-0.25, -0.2) is 4.98 Å². The van der Waals surface area contributed by atoms with Crippen LogP contribution >= 0.6 is 46.7 Å². The number of thiophene rings is 1. The van der Waals surface area contributed by atoms with Gasteiger partial charge < -0.3 is 4.90 Å². The number of para-hydroxylation sites is 1. The Morgan fingerprint density at radius 1 is 1.12 bits per heavy atom. The lowest BCUT2D eigenvalue weighted by atomic mass is 10.3. The van der Waals surface area contributed by atoms with Crippen molar-refractivity contribution in [3.8, 4) is 0 Å². The van der Waals surface area contributed by atoms with Crippen LogP contribution in [-0.2, 0) is 11.2 Å². The summed E-state index contributed by atoms with van der Waals surface area (Å²) in [6.45, 7) is 1.40. The van der Waals surface area contributed by atoms with E-state index in [0.29, 0.717) is 17.3 Å². The van der Waals surface area contributed by atoms with Crippen LogP contribution in [0.25, 0.3) is 10.2 Å². The molecule has 0 aliphatic carbocycles. The molecule has 1 amide bonds. The summed E-state index contributed by atoms with van der Waals surface area (Å²) in [4.78, 5) is 22.3. The maximum atomic E-state index is 12.8. The molecule has 0 aliphatic rings. The SMILES string of the molecule is CN(C)CCN(C(=O)Cc1ccc(Cl)s1)c1nc2ccccc2s1.Cl. The molecule has 2 aromatic heterocycles. The summed E-state index contributed by atoms with van der Waals surface area (Å²) in [6, 6.07) is 11.7. The first kappa shape index (κ1) is 20.1. The summed E-state index contributed by atoms with van der Waals surface area (Å²) in [7, 11) is 4.00. The first-order valence-electron chi connectivity index (χ1n) is 7.58. The second kappa shape index (κ2) is 8.96. The van der Waals surface area contributed by atoms with Crippen molar-refractivity contribution in [3.05, 3.63) is 45.6 Å². The van der Waals surface area contributed by atoms with E-state index >= 15 is 0 Å². The molecule has 0 bridgehead atoms. The van der Waals surface area contributed by atoms with E-state index in [9.17, 15) is 4.79 Å². The van der Waals surface area contributed by atoms with Gasteiger partial charge in [0.2, 0.25) is 5.91 Å². The van der Waals surface area contributed by atoms with Crippen LogP contribution in [0.2, 0.25) is 4.34 Å². The highest BCUT2D eigenvalue weighted by molar-refractivity contribution is 7.22. The number of carbonyl (C=O) groups is 1. The second-order valence-corrected chi connectivity index (χ2v) is 8.50. The Morgan fingerprint density at radius 3 is 2.52 bits per heavy atom. The molecule has 0 atom stereocenters. The molecule has 3 rings (SSSR count). The number of amides is 1. The number of likely N-dealkylation sites (N-methyl/N-ethyl adjacent to an activating group) is 1. The third-order valence-electron chi connectivity index (χ3n) is 3.54. The van der Waals surface area contributed by atoms with Crippen molar-refractivity contribution < 1.29 is 4.79 Å². The zero-order valence-corrected chi connectivity index (χ0v) is 17.1. The van der Waals surface area contributed by atoms with E-state index in [1.54, 1.807) is 16.2 Å². The Labute approximate surface area is 166 Å². The van der Waals surface area contributed by atoms with Crippen molar-refractivity contribution in [2.45, 2.75) is 6.42 Å². The summed E-state index contributed by atoms with van der Waals surface area (Å²) in [5, 5.41) is 0.755. The van der Waals surface area contributed by atoms with Gasteiger partial charge in [-0.2, -0.15) is 0 Å². The quantitative estimate of drug-likeness (QED) is 0.591. The standard InChI is InChI=1S/C17H18ClN3OS2.ClH/c1-20(2)9-10-21(16(22)11-12-7-8-15(18)23-12)17-19-13-5-3-4-6-14(13)24-17;/h3-8H,9-11H2,1-2H3;1H. The van der Waals surface area contributed by atoms with Crippen molar-refractivity contribution in [2.24, 2.45) is 0 Å². The minimum Gasteiger partial charge on any atom is -0.308 e. The third kappa shape index (κ3) is 5.15. The summed E-state index contributed by atoms with van der Waals surface area (Å²) in [5.74, 6) is 0.0504. The van der Waals surface area contributed by atoms with Crippen LogP contribution in [0.5, 0.6) is 0 Å². The molecule has 0 saturated heterocycles. The Kier molecular flexibility index (Phi) is 7.22. The minimum atomic E-state index is 0. The van der Waals surface area contributed by atoms with Gasteiger partial charge in [0.05, 0.1) is 21.0 Å². The Morgan fingerprint density at radius 2 is 1.88 bits per heavy atom. The topological polar surface area (TPSA) is 36.4 Å². The maximum Gasteiger partial charge on any atom is 0.234 e. The van der Waals surface area contributed by atoms with Gasteiger partial charge in [-0.3, -0.25) is 9.69 Å². The summed E-state index contributed by atoms with van der Waals surface area (Å²) < 4.78 is 1.80. The van der Waals surface area contributed by atoms with Gasteiger partial charge in [-0.1, -0.05) is 35.1 Å². The minimum absolute atomic E-state index is 0. The third-order valence-corrected chi connectivity index (χ3v) is 5.83. The monoisotopic (exact) mass is 415 g/mol. The molecule has 8 heteroatoms. The molecule has 0 fully saturated rings. The van der Waals surface area contributed by atoms with E-state index in [4.69, 9.17) is 11.6 Å². The molecule has 0 saturated carbocycles. The summed E-state index contributed by atoms with van der Waals surface area (Å²) in [6.07, 6.45) is 0.348. The number of hydrogen-bond donors (Lipinski definition) is 0. The van der Waals surface area contributed by atoms with Crippen LogP contribution in [0, 0.1) is 0 Å². The smallest absolute Gasteiger partial charge is 0.234 e. The van der Waals surface area contributed by atoms with Crippen molar-refractivity contribution in [3.63, 3.8) is 0 Å². The van der Waals surface area contributed by atoms with Gasteiger partial charge in [-0.05, 0) is 38.4 Å². The first-order valence-corrected chi connectivity index (χ1v) is 9.59. The molecular weight excluding hydrogens is 397 g/mol. The number of benzene rings is 1. The van der Waals surface area contributed by atoms with E-state index in [2.05, 4.69) is 9.88 Å². The van der Waals surface area contributed by atoms with E-state index in [1.807, 2.05) is 50.5 Å². The predicted octanol–water partition coefficient (Wildman–Crippen LogP) is 4.57. The summed E-state index contributed by atoms with van der Waals surface area (Å²) in [5.41, 5.74) is 0.930. The van der Waals surface area contributed by atoms with E-state index in [0.717, 1.165) is 26.8 Å². The van der Waals surface area contributed by atoms with E-state index < -0.39 is 0 Å². The normalized spacial score (nSPS) is 10.9. The first-order chi connectivity index (χ1) is 11.5. The van der Waals surface area contributed by atoms with Crippen molar-refractivity contribution in [2.75, 3.05) is 32.1 Å². The molecule has 1 aromatic carbocycles. The number of nitrogens with zero attached hydrogens (tertiary/aromatic N) is 3. The molecule has 3 aromatic rings. The predicted molar refractivity (Wildman–Crippen MR) is 111 cm³/mol. The number of anilines is 1. The van der Waals surface area contributed by atoms with Gasteiger partial charge in [0, 0.05) is 18.0 Å². The molecule has 25 heavy (non-hydrogen) atoms. The second-order valence-electron chi connectivity index (χ2n) is 5.70. The zero-order valence-electron chi connectivity index (χ0n) is 13.9. The average Bonchev–Trinajstić information content (AvgIpc) is 3.13. The number of thiazole rings is 1. The maximum absolute atomic E-state index is 12.8. The Balaban J connectivity index is 0.00000225. The molecule has 0 spiro atoms. The lowest BCUT2D eigenvalue weighted by Crippen LogP contribution is -2.37. The number of halogens is 2. The Bertz CT molecular complexity index is 814. The molecule has 134 valence electrons. The number of carbonyl (C=O) groups excluding carboxylic acids is 1. The molecule has 0 N–H and O–H groups in total. The lowest BCUT2D eigenvalue weighted by Gasteiger charge is -2.21. The highest BCUT2D eigenvalue weighted by Crippen LogP contribution is 2.29.